The van der Waals surface area contributed by atoms with E-state index in [1.54, 1.807) is 0 Å². The molecule has 2 saturated carbocycles. The first-order chi connectivity index (χ1) is 10.9. The van der Waals surface area contributed by atoms with Crippen molar-refractivity contribution in [3.05, 3.63) is 24.3 Å². The zero-order valence-corrected chi connectivity index (χ0v) is 14.4. The molecule has 124 valence electrons. The third-order valence-electron chi connectivity index (χ3n) is 7.44. The van der Waals surface area contributed by atoms with Crippen LogP contribution in [0, 0.1) is 52.8 Å². The van der Waals surface area contributed by atoms with Gasteiger partial charge in [0, 0.05) is 5.92 Å². The van der Waals surface area contributed by atoms with E-state index in [1.807, 2.05) is 6.92 Å². The molecule has 0 amide bonds. The molecule has 23 heavy (non-hydrogen) atoms. The number of fused-ring (bicyclic) bond motifs is 6. The van der Waals surface area contributed by atoms with Gasteiger partial charge >= 0.3 is 5.97 Å². The summed E-state index contributed by atoms with van der Waals surface area (Å²) >= 11 is 0. The van der Waals surface area contributed by atoms with Gasteiger partial charge in [-0.2, -0.15) is 0 Å². The molecule has 3 nitrogen and oxygen atoms in total. The molecule has 0 saturated heterocycles. The zero-order valence-electron chi connectivity index (χ0n) is 14.4. The summed E-state index contributed by atoms with van der Waals surface area (Å²) in [6, 6.07) is 0. The second-order valence-electron chi connectivity index (χ2n) is 8.19. The first-order valence-corrected chi connectivity index (χ1v) is 8.94. The molecule has 4 aliphatic rings. The lowest BCUT2D eigenvalue weighted by molar-refractivity contribution is -0.181. The van der Waals surface area contributed by atoms with E-state index in [4.69, 9.17) is 4.74 Å². The fourth-order valence-corrected chi connectivity index (χ4v) is 6.67. The second kappa shape index (κ2) is 4.81. The Hall–Kier alpha value is -1.38. The highest BCUT2D eigenvalue weighted by molar-refractivity contribution is 6.07. The molecule has 0 N–H and O–H groups in total. The molecule has 4 unspecified atom stereocenters. The predicted octanol–water partition coefficient (Wildman–Crippen LogP) is 3.26. The van der Waals surface area contributed by atoms with Gasteiger partial charge in [0.1, 0.15) is 5.41 Å². The van der Waals surface area contributed by atoms with Gasteiger partial charge in [0.25, 0.3) is 0 Å². The second-order valence-corrected chi connectivity index (χ2v) is 8.19. The Bertz CT molecular complexity index is 618. The normalized spacial score (nSPS) is 53.1. The highest BCUT2D eigenvalue weighted by Crippen LogP contribution is 2.64. The van der Waals surface area contributed by atoms with Crippen LogP contribution in [0.1, 0.15) is 27.2 Å². The van der Waals surface area contributed by atoms with Crippen molar-refractivity contribution >= 4 is 11.8 Å². The molecule has 0 spiro atoms. The van der Waals surface area contributed by atoms with Crippen LogP contribution in [0.15, 0.2) is 24.3 Å². The van der Waals surface area contributed by atoms with Gasteiger partial charge in [0.05, 0.1) is 7.11 Å². The predicted molar refractivity (Wildman–Crippen MR) is 87.3 cm³/mol. The molecule has 0 heterocycles. The zero-order chi connectivity index (χ0) is 16.5. The van der Waals surface area contributed by atoms with Gasteiger partial charge in [0.15, 0.2) is 5.78 Å². The lowest BCUT2D eigenvalue weighted by Crippen LogP contribution is -2.63. The molecule has 9 atom stereocenters. The monoisotopic (exact) mass is 314 g/mol. The third kappa shape index (κ3) is 1.61. The molecule has 4 aliphatic carbocycles. The number of hydrogen-bond acceptors (Lipinski definition) is 3. The number of ketones is 1. The molecule has 0 aliphatic heterocycles. The van der Waals surface area contributed by atoms with E-state index in [0.717, 1.165) is 6.42 Å². The van der Waals surface area contributed by atoms with Crippen LogP contribution >= 0.6 is 0 Å². The molecular formula is C20H26O3. The maximum absolute atomic E-state index is 13.7. The van der Waals surface area contributed by atoms with Gasteiger partial charge in [-0.05, 0) is 47.8 Å². The van der Waals surface area contributed by atoms with Crippen LogP contribution in [0.4, 0.5) is 0 Å². The minimum Gasteiger partial charge on any atom is -0.468 e. The molecular weight excluding hydrogens is 288 g/mol. The van der Waals surface area contributed by atoms with E-state index < -0.39 is 5.41 Å². The number of rotatable bonds is 1. The van der Waals surface area contributed by atoms with Gasteiger partial charge in [0.2, 0.25) is 0 Å². The molecule has 0 aromatic heterocycles. The van der Waals surface area contributed by atoms with Crippen LogP contribution in [0.5, 0.6) is 0 Å². The molecule has 2 fully saturated rings. The molecule has 0 radical (unpaired) electrons. The summed E-state index contributed by atoms with van der Waals surface area (Å²) in [5.41, 5.74) is -0.984. The summed E-state index contributed by atoms with van der Waals surface area (Å²) in [6.45, 7) is 6.43. The first kappa shape index (κ1) is 15.2. The number of carbonyl (C=O) groups excluding carboxylic acids is 2. The first-order valence-electron chi connectivity index (χ1n) is 8.94. The van der Waals surface area contributed by atoms with E-state index in [-0.39, 0.29) is 35.4 Å². The topological polar surface area (TPSA) is 43.4 Å². The van der Waals surface area contributed by atoms with Crippen LogP contribution < -0.4 is 0 Å². The van der Waals surface area contributed by atoms with Crippen molar-refractivity contribution < 1.29 is 14.3 Å². The number of esters is 1. The Morgan fingerprint density at radius 1 is 1.13 bits per heavy atom. The minimum absolute atomic E-state index is 0.0106. The average molecular weight is 314 g/mol. The van der Waals surface area contributed by atoms with Crippen LogP contribution in [-0.4, -0.2) is 18.9 Å². The molecule has 4 rings (SSSR count). The van der Waals surface area contributed by atoms with Crippen LogP contribution in [-0.2, 0) is 14.3 Å². The van der Waals surface area contributed by atoms with E-state index in [0.29, 0.717) is 23.7 Å². The Morgan fingerprint density at radius 2 is 1.83 bits per heavy atom. The highest BCUT2D eigenvalue weighted by atomic mass is 16.5. The number of hydrogen-bond donors (Lipinski definition) is 0. The summed E-state index contributed by atoms with van der Waals surface area (Å²) < 4.78 is 5.20. The number of carbonyl (C=O) groups is 2. The van der Waals surface area contributed by atoms with Gasteiger partial charge in [-0.15, -0.1) is 0 Å². The Kier molecular flexibility index (Phi) is 3.17. The van der Waals surface area contributed by atoms with E-state index in [9.17, 15) is 9.59 Å². The summed E-state index contributed by atoms with van der Waals surface area (Å²) in [6.07, 6.45) is 9.88. The standard InChI is InChI=1S/C20H26O3/c1-10-5-6-11(2)20(19(22)23-4)17(10)12(3)15-13-7-8-14(9-13)16(15)18(20)21/h5-8,10-17H,9H2,1-4H3/t10-,11+,12+,13+,14-,15?,16?,17?,20?/m0/s1. The summed E-state index contributed by atoms with van der Waals surface area (Å²) in [5.74, 6) is 1.67. The van der Waals surface area contributed by atoms with Gasteiger partial charge in [-0.25, -0.2) is 0 Å². The number of ether oxygens (including phenoxy) is 1. The van der Waals surface area contributed by atoms with Crippen LogP contribution in [0.3, 0.4) is 0 Å². The van der Waals surface area contributed by atoms with Gasteiger partial charge in [-0.1, -0.05) is 45.1 Å². The fourth-order valence-electron chi connectivity index (χ4n) is 6.67. The van der Waals surface area contributed by atoms with Crippen molar-refractivity contribution in [2.24, 2.45) is 52.8 Å². The Morgan fingerprint density at radius 3 is 2.52 bits per heavy atom. The van der Waals surface area contributed by atoms with Crippen molar-refractivity contribution in [3.8, 4) is 0 Å². The van der Waals surface area contributed by atoms with E-state index in [2.05, 4.69) is 38.2 Å². The smallest absolute Gasteiger partial charge is 0.320 e. The third-order valence-corrected chi connectivity index (χ3v) is 7.44. The van der Waals surface area contributed by atoms with Crippen molar-refractivity contribution in [2.75, 3.05) is 7.11 Å². The number of Topliss-reactive ketones (excluding diaryl/α,β-unsaturated/α-hetero) is 1. The summed E-state index contributed by atoms with van der Waals surface area (Å²) in [7, 11) is 1.43. The molecule has 2 bridgehead atoms. The number of allylic oxidation sites excluding steroid dienone is 4. The minimum atomic E-state index is -0.984. The van der Waals surface area contributed by atoms with Crippen molar-refractivity contribution in [1.29, 1.82) is 0 Å². The van der Waals surface area contributed by atoms with Gasteiger partial charge < -0.3 is 4.74 Å². The lowest BCUT2D eigenvalue weighted by atomic mass is 9.45. The average Bonchev–Trinajstić information content (AvgIpc) is 3.15. The molecule has 0 aromatic rings. The largest absolute Gasteiger partial charge is 0.468 e. The Balaban J connectivity index is 1.91. The van der Waals surface area contributed by atoms with Crippen LogP contribution in [0.2, 0.25) is 0 Å². The summed E-state index contributed by atoms with van der Waals surface area (Å²) in [5, 5.41) is 0. The SMILES string of the molecule is COC(=O)C12C(=O)C3C([C@@H](C)C1[C@@H](C)C=C[C@H]2C)[C@@H]1C=C[C@H]3C1. The summed E-state index contributed by atoms with van der Waals surface area (Å²) in [4.78, 5) is 26.6. The van der Waals surface area contributed by atoms with Crippen molar-refractivity contribution in [1.82, 2.24) is 0 Å². The maximum atomic E-state index is 13.7. The lowest BCUT2D eigenvalue weighted by Gasteiger charge is -2.56. The molecule has 0 aromatic carbocycles. The Labute approximate surface area is 138 Å². The van der Waals surface area contributed by atoms with Crippen LogP contribution in [0.25, 0.3) is 0 Å². The quantitative estimate of drug-likeness (QED) is 0.424. The van der Waals surface area contributed by atoms with E-state index in [1.165, 1.54) is 7.11 Å². The van der Waals surface area contributed by atoms with Crippen molar-refractivity contribution in [3.63, 3.8) is 0 Å². The van der Waals surface area contributed by atoms with Crippen molar-refractivity contribution in [2.45, 2.75) is 27.2 Å². The molecule has 3 heteroatoms. The van der Waals surface area contributed by atoms with Gasteiger partial charge in [-0.3, -0.25) is 9.59 Å². The maximum Gasteiger partial charge on any atom is 0.320 e. The highest BCUT2D eigenvalue weighted by Gasteiger charge is 2.69. The van der Waals surface area contributed by atoms with E-state index >= 15 is 0 Å². The number of methoxy groups -OCH3 is 1. The fraction of sp³-hybridized carbons (Fsp3) is 0.700.